The van der Waals surface area contributed by atoms with Crippen molar-refractivity contribution in [2.45, 2.75) is 45.1 Å². The second-order valence-corrected chi connectivity index (χ2v) is 9.52. The molecule has 1 aliphatic rings. The van der Waals surface area contributed by atoms with Gasteiger partial charge < -0.3 is 4.74 Å². The Labute approximate surface area is 156 Å². The molecule has 0 saturated heterocycles. The van der Waals surface area contributed by atoms with Crippen LogP contribution in [0.25, 0.3) is 0 Å². The van der Waals surface area contributed by atoms with Crippen LogP contribution in [0.5, 0.6) is 0 Å². The topological polar surface area (TPSA) is 70.0 Å². The highest BCUT2D eigenvalue weighted by Crippen LogP contribution is 2.57. The van der Waals surface area contributed by atoms with Crippen molar-refractivity contribution in [3.05, 3.63) is 65.2 Å². The van der Waals surface area contributed by atoms with E-state index in [1.807, 2.05) is 69.3 Å². The first-order chi connectivity index (χ1) is 12.1. The van der Waals surface area contributed by atoms with E-state index in [-0.39, 0.29) is 18.1 Å². The summed E-state index contributed by atoms with van der Waals surface area (Å²) in [4.78, 5) is 12.0. The molecular formula is C20H25NO4S. The van der Waals surface area contributed by atoms with Gasteiger partial charge in [-0.15, -0.1) is 10.8 Å². The highest BCUT2D eigenvalue weighted by molar-refractivity contribution is 8.25. The van der Waals surface area contributed by atoms with Gasteiger partial charge in [0.25, 0.3) is 0 Å². The average Bonchev–Trinajstić information content (AvgIpc) is 2.76. The molecule has 0 fully saturated rings. The fourth-order valence-corrected chi connectivity index (χ4v) is 4.69. The third-order valence-electron chi connectivity index (χ3n) is 4.05. The molecule has 0 atom stereocenters. The molecule has 0 radical (unpaired) electrons. The Morgan fingerprint density at radius 1 is 1.12 bits per heavy atom. The fraction of sp³-hybridized carbons (Fsp3) is 0.350. The lowest BCUT2D eigenvalue weighted by molar-refractivity contribution is -0.153. The number of hydrogen-bond donors (Lipinski definition) is 2. The Kier molecular flexibility index (Phi) is 5.01. The van der Waals surface area contributed by atoms with Gasteiger partial charge in [0, 0.05) is 0 Å². The zero-order valence-electron chi connectivity index (χ0n) is 15.3. The third kappa shape index (κ3) is 4.38. The second-order valence-electron chi connectivity index (χ2n) is 7.53. The van der Waals surface area contributed by atoms with Crippen molar-refractivity contribution < 1.29 is 18.6 Å². The average molecular weight is 375 g/mol. The summed E-state index contributed by atoms with van der Waals surface area (Å²) in [6, 6.07) is 15.3. The molecule has 1 heterocycles. The van der Waals surface area contributed by atoms with Crippen molar-refractivity contribution >= 4 is 22.4 Å². The van der Waals surface area contributed by atoms with E-state index in [2.05, 4.69) is 0 Å². The SMILES string of the molecule is CC(C)(C)OC(=O)Cc1ccc2c(c1)CS(O)(O)N2Cc1ccccc1. The van der Waals surface area contributed by atoms with Gasteiger partial charge in [0.15, 0.2) is 0 Å². The van der Waals surface area contributed by atoms with Crippen molar-refractivity contribution in [2.24, 2.45) is 0 Å². The molecule has 3 rings (SSSR count). The number of benzene rings is 2. The quantitative estimate of drug-likeness (QED) is 0.754. The molecule has 2 aromatic rings. The molecule has 1 aliphatic heterocycles. The lowest BCUT2D eigenvalue weighted by Crippen LogP contribution is -2.25. The van der Waals surface area contributed by atoms with Crippen LogP contribution >= 0.6 is 10.8 Å². The number of carbonyl (C=O) groups excluding carboxylic acids is 1. The highest BCUT2D eigenvalue weighted by Gasteiger charge is 2.33. The number of anilines is 1. The van der Waals surface area contributed by atoms with E-state index in [9.17, 15) is 13.9 Å². The van der Waals surface area contributed by atoms with Crippen molar-refractivity contribution in [3.8, 4) is 0 Å². The summed E-state index contributed by atoms with van der Waals surface area (Å²) in [5.74, 6) is -0.111. The molecule has 0 spiro atoms. The summed E-state index contributed by atoms with van der Waals surface area (Å²) in [6.45, 7) is 5.94. The molecule has 2 N–H and O–H groups in total. The van der Waals surface area contributed by atoms with Crippen LogP contribution in [0.4, 0.5) is 5.69 Å². The predicted molar refractivity (Wildman–Crippen MR) is 105 cm³/mol. The van der Waals surface area contributed by atoms with Gasteiger partial charge in [-0.1, -0.05) is 42.5 Å². The van der Waals surface area contributed by atoms with Crippen LogP contribution in [-0.4, -0.2) is 20.7 Å². The monoisotopic (exact) mass is 375 g/mol. The maximum Gasteiger partial charge on any atom is 0.310 e. The van der Waals surface area contributed by atoms with E-state index in [4.69, 9.17) is 4.74 Å². The maximum absolute atomic E-state index is 12.0. The summed E-state index contributed by atoms with van der Waals surface area (Å²) in [5.41, 5.74) is 2.96. The fourth-order valence-electron chi connectivity index (χ4n) is 3.03. The van der Waals surface area contributed by atoms with E-state index < -0.39 is 16.4 Å². The standard InChI is InChI=1S/C20H25NO4S/c1-20(2,3)25-19(22)12-16-9-10-18-17(11-16)14-26(23,24)21(18)13-15-7-5-4-6-8-15/h4-11,23-24H,12-14H2,1-3H3. The number of nitrogens with zero attached hydrogens (tertiary/aromatic N) is 1. The molecule has 0 unspecified atom stereocenters. The zero-order valence-corrected chi connectivity index (χ0v) is 16.1. The minimum atomic E-state index is -2.90. The summed E-state index contributed by atoms with van der Waals surface area (Å²) >= 11 is 0. The van der Waals surface area contributed by atoms with Crippen LogP contribution in [0.3, 0.4) is 0 Å². The molecule has 6 heteroatoms. The molecular weight excluding hydrogens is 350 g/mol. The predicted octanol–water partition coefficient (Wildman–Crippen LogP) is 4.76. The van der Waals surface area contributed by atoms with Crippen LogP contribution < -0.4 is 4.31 Å². The lowest BCUT2D eigenvalue weighted by atomic mass is 10.1. The van der Waals surface area contributed by atoms with Crippen LogP contribution in [0.15, 0.2) is 48.5 Å². The highest BCUT2D eigenvalue weighted by atomic mass is 32.3. The van der Waals surface area contributed by atoms with Crippen molar-refractivity contribution in [1.29, 1.82) is 0 Å². The van der Waals surface area contributed by atoms with Gasteiger partial charge in [-0.25, -0.2) is 0 Å². The number of rotatable bonds is 4. The van der Waals surface area contributed by atoms with Crippen molar-refractivity contribution in [2.75, 3.05) is 4.31 Å². The molecule has 0 amide bonds. The van der Waals surface area contributed by atoms with Gasteiger partial charge in [-0.3, -0.25) is 18.2 Å². The van der Waals surface area contributed by atoms with E-state index in [1.54, 1.807) is 4.31 Å². The number of ether oxygens (including phenoxy) is 1. The van der Waals surface area contributed by atoms with Gasteiger partial charge in [0.2, 0.25) is 0 Å². The Morgan fingerprint density at radius 3 is 2.46 bits per heavy atom. The molecule has 0 aromatic heterocycles. The van der Waals surface area contributed by atoms with Crippen LogP contribution in [-0.2, 0) is 28.2 Å². The summed E-state index contributed by atoms with van der Waals surface area (Å²) < 4.78 is 28.1. The van der Waals surface area contributed by atoms with Gasteiger partial charge in [0.05, 0.1) is 24.4 Å². The molecule has 26 heavy (non-hydrogen) atoms. The van der Waals surface area contributed by atoms with E-state index in [1.165, 1.54) is 0 Å². The summed E-state index contributed by atoms with van der Waals surface area (Å²) in [7, 11) is -2.90. The Bertz CT molecular complexity index is 799. The minimum Gasteiger partial charge on any atom is -0.460 e. The van der Waals surface area contributed by atoms with E-state index in [0.29, 0.717) is 6.54 Å². The largest absolute Gasteiger partial charge is 0.460 e. The first kappa shape index (κ1) is 18.8. The summed E-state index contributed by atoms with van der Waals surface area (Å²) in [6.07, 6.45) is 0.169. The maximum atomic E-state index is 12.0. The summed E-state index contributed by atoms with van der Waals surface area (Å²) in [5, 5.41) is 0. The van der Waals surface area contributed by atoms with Crippen molar-refractivity contribution in [1.82, 2.24) is 0 Å². The van der Waals surface area contributed by atoms with Crippen LogP contribution in [0, 0.1) is 0 Å². The van der Waals surface area contributed by atoms with Crippen LogP contribution in [0.2, 0.25) is 0 Å². The smallest absolute Gasteiger partial charge is 0.310 e. The second kappa shape index (κ2) is 6.95. The molecule has 5 nitrogen and oxygen atoms in total. The Hall–Kier alpha value is -2.02. The number of carbonyl (C=O) groups is 1. The van der Waals surface area contributed by atoms with E-state index >= 15 is 0 Å². The Morgan fingerprint density at radius 2 is 1.81 bits per heavy atom. The normalized spacial score (nSPS) is 16.9. The molecule has 0 bridgehead atoms. The molecule has 0 saturated carbocycles. The Balaban J connectivity index is 1.79. The minimum absolute atomic E-state index is 0.169. The third-order valence-corrected chi connectivity index (χ3v) is 5.78. The number of hydrogen-bond acceptors (Lipinski definition) is 5. The van der Waals surface area contributed by atoms with Gasteiger partial charge in [-0.05, 0) is 43.5 Å². The first-order valence-electron chi connectivity index (χ1n) is 8.55. The number of esters is 1. The molecule has 0 aliphatic carbocycles. The molecule has 2 aromatic carbocycles. The van der Waals surface area contributed by atoms with Crippen molar-refractivity contribution in [3.63, 3.8) is 0 Å². The zero-order chi connectivity index (χ0) is 18.9. The first-order valence-corrected chi connectivity index (χ1v) is 10.2. The van der Waals surface area contributed by atoms with E-state index in [0.717, 1.165) is 22.4 Å². The van der Waals surface area contributed by atoms with Crippen LogP contribution in [0.1, 0.15) is 37.5 Å². The molecule has 140 valence electrons. The van der Waals surface area contributed by atoms with Gasteiger partial charge in [-0.2, -0.15) is 0 Å². The number of fused-ring (bicyclic) bond motifs is 1. The van der Waals surface area contributed by atoms with Gasteiger partial charge >= 0.3 is 5.97 Å². The van der Waals surface area contributed by atoms with Gasteiger partial charge in [0.1, 0.15) is 5.60 Å². The lowest BCUT2D eigenvalue weighted by Gasteiger charge is -2.38.